The van der Waals surface area contributed by atoms with Gasteiger partial charge in [0, 0.05) is 0 Å². The van der Waals surface area contributed by atoms with E-state index in [1.165, 1.54) is 0 Å². The molecule has 0 spiro atoms. The maximum Gasteiger partial charge on any atom is 0.391 e. The van der Waals surface area contributed by atoms with E-state index >= 15 is 0 Å². The minimum Gasteiger partial charge on any atom is -0.368 e. The van der Waals surface area contributed by atoms with Crippen molar-refractivity contribution in [3.05, 3.63) is 0 Å². The van der Waals surface area contributed by atoms with Crippen molar-refractivity contribution >= 4 is 0 Å². The van der Waals surface area contributed by atoms with Crippen molar-refractivity contribution in [3.8, 4) is 0 Å². The van der Waals surface area contributed by atoms with Gasteiger partial charge in [0.15, 0.2) is 12.3 Å². The first kappa shape index (κ1) is 27.8. The summed E-state index contributed by atoms with van der Waals surface area (Å²) in [5, 5.41) is 0. The first-order valence-corrected chi connectivity index (χ1v) is 7.02. The molecule has 0 heterocycles. The average Bonchev–Trinajstić information content (AvgIpc) is 2.48. The lowest BCUT2D eigenvalue weighted by molar-refractivity contribution is -0.264. The first-order valence-electron chi connectivity index (χ1n) is 7.02. The fourth-order valence-corrected chi connectivity index (χ4v) is 1.86. The van der Waals surface area contributed by atoms with Crippen LogP contribution >= 0.6 is 0 Å². The standard InChI is InChI=1S/C12H10F16O/c13-5(11(25,26)7(15)16)3(1-9(19,20)21)29-4(2-10(22,23)24)6(14)12(27,28)8(17)18/h3-8H,1-2H2. The first-order chi connectivity index (χ1) is 12.6. The second kappa shape index (κ2) is 9.32. The Balaban J connectivity index is 6.04. The molecule has 0 N–H and O–H groups in total. The van der Waals surface area contributed by atoms with Crippen LogP contribution in [0.15, 0.2) is 0 Å². The van der Waals surface area contributed by atoms with Crippen LogP contribution in [0.25, 0.3) is 0 Å². The minimum atomic E-state index is -5.99. The molecule has 0 aromatic heterocycles. The molecule has 1 nitrogen and oxygen atoms in total. The van der Waals surface area contributed by atoms with Crippen LogP contribution < -0.4 is 0 Å². The summed E-state index contributed by atoms with van der Waals surface area (Å²) in [7, 11) is 0. The smallest absolute Gasteiger partial charge is 0.368 e. The highest BCUT2D eigenvalue weighted by Crippen LogP contribution is 2.40. The van der Waals surface area contributed by atoms with Gasteiger partial charge in [0.25, 0.3) is 0 Å². The van der Waals surface area contributed by atoms with Crippen molar-refractivity contribution in [1.82, 2.24) is 0 Å². The summed E-state index contributed by atoms with van der Waals surface area (Å²) in [5.74, 6) is -12.0. The van der Waals surface area contributed by atoms with Gasteiger partial charge < -0.3 is 4.74 Å². The van der Waals surface area contributed by atoms with Gasteiger partial charge in [-0.25, -0.2) is 26.3 Å². The zero-order chi connectivity index (χ0) is 23.6. The average molecular weight is 474 g/mol. The van der Waals surface area contributed by atoms with E-state index in [1.54, 1.807) is 0 Å². The predicted molar refractivity (Wildman–Crippen MR) is 61.7 cm³/mol. The predicted octanol–water partition coefficient (Wildman–Crippen LogP) is 6.12. The summed E-state index contributed by atoms with van der Waals surface area (Å²) >= 11 is 0. The van der Waals surface area contributed by atoms with E-state index in [-0.39, 0.29) is 0 Å². The fourth-order valence-electron chi connectivity index (χ4n) is 1.86. The van der Waals surface area contributed by atoms with Gasteiger partial charge in [0.2, 0.25) is 0 Å². The van der Waals surface area contributed by atoms with Gasteiger partial charge >= 0.3 is 37.0 Å². The van der Waals surface area contributed by atoms with Crippen LogP contribution in [-0.2, 0) is 4.74 Å². The van der Waals surface area contributed by atoms with Gasteiger partial charge in [-0.2, -0.15) is 43.9 Å². The molecule has 176 valence electrons. The molecule has 0 aliphatic heterocycles. The van der Waals surface area contributed by atoms with Crippen molar-refractivity contribution < 1.29 is 75.0 Å². The van der Waals surface area contributed by atoms with Crippen LogP contribution in [0.5, 0.6) is 0 Å². The molecular weight excluding hydrogens is 464 g/mol. The van der Waals surface area contributed by atoms with Crippen molar-refractivity contribution in [1.29, 1.82) is 0 Å². The number of halogens is 16. The zero-order valence-electron chi connectivity index (χ0n) is 13.3. The molecule has 17 heteroatoms. The monoisotopic (exact) mass is 474 g/mol. The molecule has 0 aromatic carbocycles. The molecule has 0 aliphatic rings. The number of ether oxygens (including phenoxy) is 1. The molecule has 0 rings (SSSR count). The van der Waals surface area contributed by atoms with Gasteiger partial charge in [-0.15, -0.1) is 0 Å². The van der Waals surface area contributed by atoms with Crippen LogP contribution in [0.2, 0.25) is 0 Å². The molecular formula is C12H10F16O. The van der Waals surface area contributed by atoms with Crippen LogP contribution in [0.1, 0.15) is 12.8 Å². The van der Waals surface area contributed by atoms with E-state index in [0.29, 0.717) is 0 Å². The Bertz CT molecular complexity index is 453. The molecule has 0 saturated heterocycles. The normalized spacial score (nSPS) is 18.8. The Morgan fingerprint density at radius 3 is 0.897 bits per heavy atom. The van der Waals surface area contributed by atoms with Crippen molar-refractivity contribution in [2.24, 2.45) is 0 Å². The van der Waals surface area contributed by atoms with E-state index in [2.05, 4.69) is 4.74 Å². The summed E-state index contributed by atoms with van der Waals surface area (Å²) in [5.41, 5.74) is 0. The molecule has 4 atom stereocenters. The third-order valence-corrected chi connectivity index (χ3v) is 3.18. The Morgan fingerprint density at radius 2 is 0.724 bits per heavy atom. The number of hydrogen-bond donors (Lipinski definition) is 0. The molecule has 0 fully saturated rings. The number of hydrogen-bond acceptors (Lipinski definition) is 1. The molecule has 0 aliphatic carbocycles. The van der Waals surface area contributed by atoms with Gasteiger partial charge in [0.1, 0.15) is 12.2 Å². The SMILES string of the molecule is FC(F)C(F)(F)C(F)C(CC(F)(F)F)OC(CC(F)(F)F)C(F)C(F)(F)C(F)F. The lowest BCUT2D eigenvalue weighted by Crippen LogP contribution is -2.53. The zero-order valence-corrected chi connectivity index (χ0v) is 13.3. The van der Waals surface area contributed by atoms with Gasteiger partial charge in [0.05, 0.1) is 12.8 Å². The maximum absolute atomic E-state index is 13.5. The van der Waals surface area contributed by atoms with E-state index in [4.69, 9.17) is 0 Å². The largest absolute Gasteiger partial charge is 0.391 e. The molecule has 0 amide bonds. The topological polar surface area (TPSA) is 9.23 Å². The third kappa shape index (κ3) is 8.24. The molecule has 0 bridgehead atoms. The lowest BCUT2D eigenvalue weighted by atomic mass is 10.0. The third-order valence-electron chi connectivity index (χ3n) is 3.18. The maximum atomic E-state index is 13.5. The highest BCUT2D eigenvalue weighted by molar-refractivity contribution is 4.92. The summed E-state index contributed by atoms with van der Waals surface area (Å²) in [6.45, 7) is 0. The Kier molecular flexibility index (Phi) is 8.95. The molecule has 0 radical (unpaired) electrons. The fraction of sp³-hybridized carbons (Fsp3) is 1.00. The van der Waals surface area contributed by atoms with Gasteiger partial charge in [-0.05, 0) is 0 Å². The second-order valence-corrected chi connectivity index (χ2v) is 5.61. The molecule has 0 saturated carbocycles. The minimum absolute atomic E-state index is 3.04. The highest BCUT2D eigenvalue weighted by atomic mass is 19.4. The number of rotatable bonds is 10. The van der Waals surface area contributed by atoms with E-state index < -0.39 is 74.4 Å². The molecule has 0 aromatic rings. The Morgan fingerprint density at radius 1 is 0.483 bits per heavy atom. The van der Waals surface area contributed by atoms with Crippen molar-refractivity contribution in [2.75, 3.05) is 0 Å². The quantitative estimate of drug-likeness (QED) is 0.347. The molecule has 4 unspecified atom stereocenters. The Labute approximate surface area is 151 Å². The Hall–Kier alpha value is -1.16. The van der Waals surface area contributed by atoms with Crippen molar-refractivity contribution in [3.63, 3.8) is 0 Å². The summed E-state index contributed by atoms with van der Waals surface area (Å²) < 4.78 is 205. The number of alkyl halides is 16. The summed E-state index contributed by atoms with van der Waals surface area (Å²) in [4.78, 5) is 0. The lowest BCUT2D eigenvalue weighted by Gasteiger charge is -2.34. The van der Waals surface area contributed by atoms with Crippen LogP contribution in [-0.4, -0.2) is 61.6 Å². The summed E-state index contributed by atoms with van der Waals surface area (Å²) in [6.07, 6.45) is -45.4. The highest BCUT2D eigenvalue weighted by Gasteiger charge is 2.59. The molecule has 29 heavy (non-hydrogen) atoms. The van der Waals surface area contributed by atoms with E-state index in [0.717, 1.165) is 0 Å². The summed E-state index contributed by atoms with van der Waals surface area (Å²) in [6, 6.07) is 0. The van der Waals surface area contributed by atoms with Gasteiger partial charge in [-0.3, -0.25) is 0 Å². The van der Waals surface area contributed by atoms with E-state index in [1.807, 2.05) is 0 Å². The van der Waals surface area contributed by atoms with Gasteiger partial charge in [-0.1, -0.05) is 0 Å². The second-order valence-electron chi connectivity index (χ2n) is 5.61. The van der Waals surface area contributed by atoms with Crippen LogP contribution in [0.4, 0.5) is 70.2 Å². The van der Waals surface area contributed by atoms with E-state index in [9.17, 15) is 70.2 Å². The van der Waals surface area contributed by atoms with Crippen molar-refractivity contribution in [2.45, 2.75) is 74.4 Å². The van der Waals surface area contributed by atoms with Crippen LogP contribution in [0, 0.1) is 0 Å². The van der Waals surface area contributed by atoms with Crippen LogP contribution in [0.3, 0.4) is 0 Å².